The van der Waals surface area contributed by atoms with Gasteiger partial charge in [-0.05, 0) is 18.2 Å². The molecule has 0 N–H and O–H groups in total. The zero-order valence-corrected chi connectivity index (χ0v) is 16.3. The summed E-state index contributed by atoms with van der Waals surface area (Å²) in [5.41, 5.74) is -0.388. The fourth-order valence-corrected chi connectivity index (χ4v) is 3.00. The summed E-state index contributed by atoms with van der Waals surface area (Å²) in [5.74, 6) is 0.556. The van der Waals surface area contributed by atoms with Crippen molar-refractivity contribution >= 4 is 23.3 Å². The van der Waals surface area contributed by atoms with Crippen LogP contribution in [-0.2, 0) is 4.79 Å². The number of carbonyl (C=O) groups is 1. The van der Waals surface area contributed by atoms with Crippen LogP contribution in [0.5, 0.6) is 11.6 Å². The van der Waals surface area contributed by atoms with E-state index in [2.05, 4.69) is 14.9 Å². The number of hydrogen-bond donors (Lipinski definition) is 0. The Morgan fingerprint density at radius 1 is 1.15 bits per heavy atom. The van der Waals surface area contributed by atoms with E-state index < -0.39 is 5.82 Å². The van der Waals surface area contributed by atoms with Crippen LogP contribution in [0.4, 0.5) is 10.2 Å². The minimum absolute atomic E-state index is 0.0460. The van der Waals surface area contributed by atoms with E-state index in [1.807, 2.05) is 25.7 Å². The van der Waals surface area contributed by atoms with Crippen LogP contribution >= 0.6 is 11.6 Å². The maximum absolute atomic E-state index is 13.9. The van der Waals surface area contributed by atoms with Crippen molar-refractivity contribution in [3.05, 3.63) is 41.4 Å². The molecule has 0 bridgehead atoms. The SMILES string of the molecule is CC(C)(C)C(=O)N1CCN(c2cc(Oc3ccc(Cl)cc3F)ncn2)CC1. The van der Waals surface area contributed by atoms with Crippen LogP contribution in [0.2, 0.25) is 5.02 Å². The van der Waals surface area contributed by atoms with Gasteiger partial charge in [-0.1, -0.05) is 32.4 Å². The van der Waals surface area contributed by atoms with Crippen molar-refractivity contribution in [3.63, 3.8) is 0 Å². The second-order valence-electron chi connectivity index (χ2n) is 7.42. The minimum Gasteiger partial charge on any atom is -0.436 e. The van der Waals surface area contributed by atoms with Gasteiger partial charge >= 0.3 is 0 Å². The van der Waals surface area contributed by atoms with Crippen molar-refractivity contribution in [3.8, 4) is 11.6 Å². The van der Waals surface area contributed by atoms with Gasteiger partial charge in [-0.2, -0.15) is 0 Å². The van der Waals surface area contributed by atoms with Crippen LogP contribution in [0.25, 0.3) is 0 Å². The quantitative estimate of drug-likeness (QED) is 0.796. The van der Waals surface area contributed by atoms with E-state index in [1.54, 1.807) is 12.1 Å². The molecule has 144 valence electrons. The lowest BCUT2D eigenvalue weighted by Gasteiger charge is -2.38. The third kappa shape index (κ3) is 4.66. The molecule has 1 aliphatic rings. The summed E-state index contributed by atoms with van der Waals surface area (Å²) < 4.78 is 19.4. The third-order valence-corrected chi connectivity index (χ3v) is 4.50. The lowest BCUT2D eigenvalue weighted by Crippen LogP contribution is -2.51. The van der Waals surface area contributed by atoms with E-state index in [-0.39, 0.29) is 23.0 Å². The molecular weight excluding hydrogens is 371 g/mol. The lowest BCUT2D eigenvalue weighted by molar-refractivity contribution is -0.139. The fraction of sp³-hybridized carbons (Fsp3) is 0.421. The summed E-state index contributed by atoms with van der Waals surface area (Å²) in [6.45, 7) is 8.34. The highest BCUT2D eigenvalue weighted by Crippen LogP contribution is 2.27. The largest absolute Gasteiger partial charge is 0.436 e. The molecule has 27 heavy (non-hydrogen) atoms. The standard InChI is InChI=1S/C19H22ClFN4O2/c1-19(2,3)18(26)25-8-6-24(7-9-25)16-11-17(23-12-22-16)27-15-5-4-13(20)10-14(15)21/h4-5,10-12H,6-9H2,1-3H3. The molecule has 0 atom stereocenters. The Morgan fingerprint density at radius 2 is 1.85 bits per heavy atom. The van der Waals surface area contributed by atoms with E-state index in [4.69, 9.17) is 16.3 Å². The molecule has 0 unspecified atom stereocenters. The Hall–Kier alpha value is -2.41. The van der Waals surface area contributed by atoms with Gasteiger partial charge in [0.2, 0.25) is 11.8 Å². The van der Waals surface area contributed by atoms with Gasteiger partial charge in [-0.3, -0.25) is 4.79 Å². The topological polar surface area (TPSA) is 58.6 Å². The Morgan fingerprint density at radius 3 is 2.48 bits per heavy atom. The smallest absolute Gasteiger partial charge is 0.228 e. The van der Waals surface area contributed by atoms with Gasteiger partial charge in [0.05, 0.1) is 0 Å². The molecule has 8 heteroatoms. The van der Waals surface area contributed by atoms with E-state index in [0.29, 0.717) is 37.0 Å². The molecule has 2 heterocycles. The van der Waals surface area contributed by atoms with E-state index in [9.17, 15) is 9.18 Å². The zero-order valence-electron chi connectivity index (χ0n) is 15.6. The van der Waals surface area contributed by atoms with Gasteiger partial charge in [0.25, 0.3) is 0 Å². The summed E-state index contributed by atoms with van der Waals surface area (Å²) in [6.07, 6.45) is 1.38. The number of benzene rings is 1. The van der Waals surface area contributed by atoms with Crippen LogP contribution in [0.15, 0.2) is 30.6 Å². The Bertz CT molecular complexity index is 833. The van der Waals surface area contributed by atoms with Crippen LogP contribution in [0.1, 0.15) is 20.8 Å². The number of anilines is 1. The molecule has 2 aromatic rings. The number of piperazine rings is 1. The molecule has 6 nitrogen and oxygen atoms in total. The number of nitrogens with zero attached hydrogens (tertiary/aromatic N) is 4. The second kappa shape index (κ2) is 7.68. The van der Waals surface area contributed by atoms with Crippen LogP contribution < -0.4 is 9.64 Å². The molecule has 0 saturated carbocycles. The predicted molar refractivity (Wildman–Crippen MR) is 102 cm³/mol. The average molecular weight is 393 g/mol. The lowest BCUT2D eigenvalue weighted by atomic mass is 9.94. The van der Waals surface area contributed by atoms with Crippen LogP contribution in [0.3, 0.4) is 0 Å². The van der Waals surface area contributed by atoms with Crippen molar-refractivity contribution in [2.75, 3.05) is 31.1 Å². The number of halogens is 2. The number of carbonyl (C=O) groups excluding carboxylic acids is 1. The monoisotopic (exact) mass is 392 g/mol. The minimum atomic E-state index is -0.558. The first kappa shape index (κ1) is 19.4. The number of hydrogen-bond acceptors (Lipinski definition) is 5. The summed E-state index contributed by atoms with van der Waals surface area (Å²) in [5, 5.41) is 0.297. The van der Waals surface area contributed by atoms with Gasteiger partial charge in [0, 0.05) is 42.7 Å². The predicted octanol–water partition coefficient (Wildman–Crippen LogP) is 3.76. The maximum Gasteiger partial charge on any atom is 0.228 e. The summed E-state index contributed by atoms with van der Waals surface area (Å²) >= 11 is 5.75. The van der Waals surface area contributed by atoms with E-state index in [1.165, 1.54) is 18.5 Å². The Kier molecular flexibility index (Phi) is 5.51. The van der Waals surface area contributed by atoms with Gasteiger partial charge in [-0.25, -0.2) is 14.4 Å². The van der Waals surface area contributed by atoms with E-state index >= 15 is 0 Å². The molecule has 0 spiro atoms. The van der Waals surface area contributed by atoms with Crippen LogP contribution in [-0.4, -0.2) is 47.0 Å². The summed E-state index contributed by atoms with van der Waals surface area (Å²) in [6, 6.07) is 5.85. The molecule has 1 fully saturated rings. The first-order valence-electron chi connectivity index (χ1n) is 8.73. The molecule has 1 aromatic carbocycles. The third-order valence-electron chi connectivity index (χ3n) is 4.27. The Balaban J connectivity index is 1.67. The molecule has 3 rings (SSSR count). The highest BCUT2D eigenvalue weighted by atomic mass is 35.5. The van der Waals surface area contributed by atoms with Gasteiger partial charge in [0.1, 0.15) is 12.1 Å². The summed E-state index contributed by atoms with van der Waals surface area (Å²) in [7, 11) is 0. The zero-order chi connectivity index (χ0) is 19.6. The number of amides is 1. The fourth-order valence-electron chi connectivity index (χ4n) is 2.84. The second-order valence-corrected chi connectivity index (χ2v) is 7.86. The Labute approximate surface area is 162 Å². The normalized spacial score (nSPS) is 15.0. The number of rotatable bonds is 3. The summed E-state index contributed by atoms with van der Waals surface area (Å²) in [4.78, 5) is 24.6. The molecule has 1 saturated heterocycles. The maximum atomic E-state index is 13.9. The highest BCUT2D eigenvalue weighted by Gasteiger charge is 2.30. The van der Waals surface area contributed by atoms with Crippen molar-refractivity contribution in [2.45, 2.75) is 20.8 Å². The van der Waals surface area contributed by atoms with Crippen molar-refractivity contribution in [1.29, 1.82) is 0 Å². The molecule has 1 aliphatic heterocycles. The number of ether oxygens (including phenoxy) is 1. The average Bonchev–Trinajstić information content (AvgIpc) is 2.63. The van der Waals surface area contributed by atoms with Gasteiger partial charge in [0.15, 0.2) is 11.6 Å². The molecule has 0 radical (unpaired) electrons. The molecule has 1 amide bonds. The highest BCUT2D eigenvalue weighted by molar-refractivity contribution is 6.30. The van der Waals surface area contributed by atoms with Gasteiger partial charge < -0.3 is 14.5 Å². The van der Waals surface area contributed by atoms with E-state index in [0.717, 1.165) is 0 Å². The van der Waals surface area contributed by atoms with Gasteiger partial charge in [-0.15, -0.1) is 0 Å². The van der Waals surface area contributed by atoms with Crippen molar-refractivity contribution in [2.24, 2.45) is 5.41 Å². The van der Waals surface area contributed by atoms with Crippen LogP contribution in [0, 0.1) is 11.2 Å². The molecule has 0 aliphatic carbocycles. The van der Waals surface area contributed by atoms with Crippen molar-refractivity contribution < 1.29 is 13.9 Å². The first-order chi connectivity index (χ1) is 12.7. The molecular formula is C19H22ClFN4O2. The number of aromatic nitrogens is 2. The molecule has 1 aromatic heterocycles. The first-order valence-corrected chi connectivity index (χ1v) is 9.11. The van der Waals surface area contributed by atoms with Crippen molar-refractivity contribution in [1.82, 2.24) is 14.9 Å².